The van der Waals surface area contributed by atoms with Gasteiger partial charge in [0.2, 0.25) is 6.79 Å². The Labute approximate surface area is 128 Å². The largest absolute Gasteiger partial charge is 0.497 e. The van der Waals surface area contributed by atoms with Gasteiger partial charge < -0.3 is 19.5 Å². The number of ketones is 1. The van der Waals surface area contributed by atoms with E-state index in [1.54, 1.807) is 37.6 Å². The highest BCUT2D eigenvalue weighted by atomic mass is 16.7. The second kappa shape index (κ2) is 6.22. The van der Waals surface area contributed by atoms with Crippen molar-refractivity contribution in [2.75, 3.05) is 19.2 Å². The Balaban J connectivity index is 1.65. The van der Waals surface area contributed by atoms with Gasteiger partial charge in [-0.25, -0.2) is 0 Å². The van der Waals surface area contributed by atoms with Crippen LogP contribution >= 0.6 is 0 Å². The molecule has 0 aromatic heterocycles. The molecule has 1 N–H and O–H groups in total. The summed E-state index contributed by atoms with van der Waals surface area (Å²) >= 11 is 0. The second-order valence-electron chi connectivity index (χ2n) is 4.64. The SMILES string of the molecule is COc1cccc(C(=O)/C=C\Nc2ccc3c(c2)OCO3)c1. The first-order valence-corrected chi connectivity index (χ1v) is 6.77. The highest BCUT2D eigenvalue weighted by molar-refractivity contribution is 6.04. The van der Waals surface area contributed by atoms with E-state index < -0.39 is 0 Å². The molecule has 0 aliphatic carbocycles. The molecule has 0 amide bonds. The number of rotatable bonds is 5. The summed E-state index contributed by atoms with van der Waals surface area (Å²) in [7, 11) is 1.57. The molecular weight excluding hydrogens is 282 g/mol. The van der Waals surface area contributed by atoms with Crippen LogP contribution in [0.3, 0.4) is 0 Å². The predicted molar refractivity (Wildman–Crippen MR) is 82.7 cm³/mol. The van der Waals surface area contributed by atoms with Crippen LogP contribution in [-0.2, 0) is 0 Å². The number of benzene rings is 2. The van der Waals surface area contributed by atoms with Crippen LogP contribution in [0, 0.1) is 0 Å². The zero-order valence-electron chi connectivity index (χ0n) is 12.0. The zero-order valence-corrected chi connectivity index (χ0v) is 12.0. The van der Waals surface area contributed by atoms with Gasteiger partial charge in [0.25, 0.3) is 0 Å². The van der Waals surface area contributed by atoms with Gasteiger partial charge in [-0.2, -0.15) is 0 Å². The van der Waals surface area contributed by atoms with Crippen molar-refractivity contribution in [2.24, 2.45) is 0 Å². The van der Waals surface area contributed by atoms with Crippen LogP contribution in [0.4, 0.5) is 5.69 Å². The first-order chi connectivity index (χ1) is 10.8. The average molecular weight is 297 g/mol. The van der Waals surface area contributed by atoms with Crippen molar-refractivity contribution in [3.05, 3.63) is 60.3 Å². The predicted octanol–water partition coefficient (Wildman–Crippen LogP) is 3.23. The highest BCUT2D eigenvalue weighted by Gasteiger charge is 2.12. The highest BCUT2D eigenvalue weighted by Crippen LogP contribution is 2.34. The molecule has 0 unspecified atom stereocenters. The summed E-state index contributed by atoms with van der Waals surface area (Å²) in [6.45, 7) is 0.239. The number of nitrogens with one attached hydrogen (secondary N) is 1. The summed E-state index contributed by atoms with van der Waals surface area (Å²) < 4.78 is 15.6. The molecule has 2 aromatic carbocycles. The zero-order chi connectivity index (χ0) is 15.4. The summed E-state index contributed by atoms with van der Waals surface area (Å²) in [4.78, 5) is 12.1. The van der Waals surface area contributed by atoms with E-state index >= 15 is 0 Å². The molecule has 1 aliphatic rings. The van der Waals surface area contributed by atoms with Crippen molar-refractivity contribution in [1.29, 1.82) is 0 Å². The van der Waals surface area contributed by atoms with Crippen LogP contribution in [0.15, 0.2) is 54.7 Å². The third kappa shape index (κ3) is 3.03. The van der Waals surface area contributed by atoms with Crippen LogP contribution in [0.5, 0.6) is 17.2 Å². The number of anilines is 1. The minimum absolute atomic E-state index is 0.104. The van der Waals surface area contributed by atoms with Gasteiger partial charge in [0.05, 0.1) is 7.11 Å². The standard InChI is InChI=1S/C17H15NO4/c1-20-14-4-2-3-12(9-14)15(19)7-8-18-13-5-6-16-17(10-13)22-11-21-16/h2-10,18H,11H2,1H3/b8-7-. The lowest BCUT2D eigenvalue weighted by molar-refractivity contribution is 0.104. The molecule has 5 heteroatoms. The second-order valence-corrected chi connectivity index (χ2v) is 4.64. The van der Waals surface area contributed by atoms with Gasteiger partial charge in [-0.1, -0.05) is 12.1 Å². The Kier molecular flexibility index (Phi) is 3.96. The molecule has 0 saturated carbocycles. The minimum atomic E-state index is -0.104. The first kappa shape index (κ1) is 14.0. The number of fused-ring (bicyclic) bond motifs is 1. The van der Waals surface area contributed by atoms with Crippen LogP contribution in [0.25, 0.3) is 0 Å². The topological polar surface area (TPSA) is 56.8 Å². The Hall–Kier alpha value is -2.95. The molecular formula is C17H15NO4. The smallest absolute Gasteiger partial charge is 0.231 e. The summed E-state index contributed by atoms with van der Waals surface area (Å²) in [5, 5.41) is 3.04. The van der Waals surface area contributed by atoms with E-state index in [2.05, 4.69) is 5.32 Å². The number of carbonyl (C=O) groups excluding carboxylic acids is 1. The lowest BCUT2D eigenvalue weighted by Crippen LogP contribution is -1.97. The molecule has 112 valence electrons. The maximum absolute atomic E-state index is 12.1. The van der Waals surface area contributed by atoms with Gasteiger partial charge >= 0.3 is 0 Å². The van der Waals surface area contributed by atoms with Gasteiger partial charge in [0.1, 0.15) is 5.75 Å². The molecule has 0 atom stereocenters. The van der Waals surface area contributed by atoms with Crippen molar-refractivity contribution < 1.29 is 19.0 Å². The minimum Gasteiger partial charge on any atom is -0.497 e. The lowest BCUT2D eigenvalue weighted by Gasteiger charge is -2.03. The summed E-state index contributed by atoms with van der Waals surface area (Å²) in [6, 6.07) is 12.5. The lowest BCUT2D eigenvalue weighted by atomic mass is 10.1. The summed E-state index contributed by atoms with van der Waals surface area (Å²) in [6.07, 6.45) is 3.07. The van der Waals surface area contributed by atoms with Gasteiger partial charge in [-0.15, -0.1) is 0 Å². The van der Waals surface area contributed by atoms with Crippen molar-refractivity contribution in [3.63, 3.8) is 0 Å². The van der Waals surface area contributed by atoms with Crippen molar-refractivity contribution in [3.8, 4) is 17.2 Å². The van der Waals surface area contributed by atoms with Crippen molar-refractivity contribution in [1.82, 2.24) is 0 Å². The maximum atomic E-state index is 12.1. The normalized spacial score (nSPS) is 12.4. The van der Waals surface area contributed by atoms with Gasteiger partial charge in [-0.05, 0) is 24.3 Å². The van der Waals surface area contributed by atoms with Crippen LogP contribution in [0.1, 0.15) is 10.4 Å². The van der Waals surface area contributed by atoms with E-state index in [1.807, 2.05) is 18.2 Å². The number of carbonyl (C=O) groups is 1. The summed E-state index contributed by atoms with van der Waals surface area (Å²) in [5.41, 5.74) is 1.39. The molecule has 0 bridgehead atoms. The van der Waals surface area contributed by atoms with E-state index in [4.69, 9.17) is 14.2 Å². The average Bonchev–Trinajstić information content (AvgIpc) is 3.02. The molecule has 2 aromatic rings. The summed E-state index contributed by atoms with van der Waals surface area (Å²) in [5.74, 6) is 1.97. The van der Waals surface area contributed by atoms with E-state index in [-0.39, 0.29) is 12.6 Å². The van der Waals surface area contributed by atoms with Crippen LogP contribution in [0.2, 0.25) is 0 Å². The van der Waals surface area contributed by atoms with Gasteiger partial charge in [0, 0.05) is 29.6 Å². The van der Waals surface area contributed by atoms with E-state index in [0.717, 1.165) is 11.4 Å². The Morgan fingerprint density at radius 1 is 1.18 bits per heavy atom. The Morgan fingerprint density at radius 2 is 2.05 bits per heavy atom. The maximum Gasteiger partial charge on any atom is 0.231 e. The van der Waals surface area contributed by atoms with Crippen molar-refractivity contribution in [2.45, 2.75) is 0 Å². The number of methoxy groups -OCH3 is 1. The van der Waals surface area contributed by atoms with Gasteiger partial charge in [-0.3, -0.25) is 4.79 Å². The number of hydrogen-bond acceptors (Lipinski definition) is 5. The molecule has 22 heavy (non-hydrogen) atoms. The molecule has 0 fully saturated rings. The number of hydrogen-bond donors (Lipinski definition) is 1. The fourth-order valence-corrected chi connectivity index (χ4v) is 2.07. The van der Waals surface area contributed by atoms with Gasteiger partial charge in [0.15, 0.2) is 17.3 Å². The molecule has 5 nitrogen and oxygen atoms in total. The molecule has 0 saturated heterocycles. The molecule has 3 rings (SSSR count). The third-order valence-electron chi connectivity index (χ3n) is 3.21. The first-order valence-electron chi connectivity index (χ1n) is 6.77. The quantitative estimate of drug-likeness (QED) is 0.678. The fraction of sp³-hybridized carbons (Fsp3) is 0.118. The molecule has 0 spiro atoms. The number of allylic oxidation sites excluding steroid dienone is 1. The number of ether oxygens (including phenoxy) is 3. The van der Waals surface area contributed by atoms with Crippen LogP contribution < -0.4 is 19.5 Å². The van der Waals surface area contributed by atoms with Crippen molar-refractivity contribution >= 4 is 11.5 Å². The van der Waals surface area contributed by atoms with Crippen LogP contribution in [-0.4, -0.2) is 19.7 Å². The molecule has 0 radical (unpaired) electrons. The third-order valence-corrected chi connectivity index (χ3v) is 3.21. The fourth-order valence-electron chi connectivity index (χ4n) is 2.07. The Bertz CT molecular complexity index is 724. The van der Waals surface area contributed by atoms with E-state index in [1.165, 1.54) is 6.08 Å². The van der Waals surface area contributed by atoms with E-state index in [0.29, 0.717) is 17.1 Å². The van der Waals surface area contributed by atoms with E-state index in [9.17, 15) is 4.79 Å². The monoisotopic (exact) mass is 297 g/mol. The Morgan fingerprint density at radius 3 is 2.91 bits per heavy atom. The molecule has 1 heterocycles. The molecule has 1 aliphatic heterocycles.